The Morgan fingerprint density at radius 1 is 1.04 bits per heavy atom. The number of ketones is 1. The van der Waals surface area contributed by atoms with Gasteiger partial charge in [0, 0.05) is 11.1 Å². The number of carbonyl (C=O) groups excluding carboxylic acids is 3. The molecule has 2 aromatic carbocycles. The summed E-state index contributed by atoms with van der Waals surface area (Å²) in [7, 11) is 1.10. The molecule has 0 fully saturated rings. The van der Waals surface area contributed by atoms with Crippen LogP contribution in [0.5, 0.6) is 11.5 Å². The van der Waals surface area contributed by atoms with Crippen LogP contribution >= 0.6 is 0 Å². The van der Waals surface area contributed by atoms with Crippen molar-refractivity contribution in [3.05, 3.63) is 53.6 Å². The minimum atomic E-state index is -1.04. The van der Waals surface area contributed by atoms with E-state index in [-0.39, 0.29) is 23.8 Å². The van der Waals surface area contributed by atoms with E-state index >= 15 is 0 Å². The molecular weight excluding hydrogens is 314 g/mol. The van der Waals surface area contributed by atoms with Gasteiger partial charge in [0.25, 0.3) is 0 Å². The number of fused-ring (bicyclic) bond motifs is 1. The van der Waals surface area contributed by atoms with E-state index in [4.69, 9.17) is 9.47 Å². The van der Waals surface area contributed by atoms with Crippen molar-refractivity contribution < 1.29 is 28.6 Å². The molecule has 24 heavy (non-hydrogen) atoms. The van der Waals surface area contributed by atoms with Crippen LogP contribution in [0.3, 0.4) is 0 Å². The third-order valence-corrected chi connectivity index (χ3v) is 3.43. The van der Waals surface area contributed by atoms with Crippen LogP contribution in [0.15, 0.2) is 42.5 Å². The molecule has 0 aromatic heterocycles. The summed E-state index contributed by atoms with van der Waals surface area (Å²) >= 11 is 0. The Kier molecular flexibility index (Phi) is 4.15. The molecule has 3 rings (SSSR count). The van der Waals surface area contributed by atoms with E-state index in [0.29, 0.717) is 17.1 Å². The molecule has 0 unspecified atom stereocenters. The SMILES string of the molecule is COC(=O)C(=O)Nc1ccccc1C(=O)c1ccc2c(c1)OCO2. The Morgan fingerprint density at radius 3 is 2.58 bits per heavy atom. The van der Waals surface area contributed by atoms with Gasteiger partial charge in [0.2, 0.25) is 6.79 Å². The first-order chi connectivity index (χ1) is 11.6. The number of anilines is 1. The predicted molar refractivity (Wildman–Crippen MR) is 83.1 cm³/mol. The zero-order valence-electron chi connectivity index (χ0n) is 12.7. The normalized spacial score (nSPS) is 11.7. The molecule has 0 bridgehead atoms. The van der Waals surface area contributed by atoms with Crippen LogP contribution in [0.1, 0.15) is 15.9 Å². The molecule has 0 radical (unpaired) electrons. The van der Waals surface area contributed by atoms with Crippen LogP contribution in [0, 0.1) is 0 Å². The number of ether oxygens (including phenoxy) is 3. The van der Waals surface area contributed by atoms with Gasteiger partial charge in [-0.1, -0.05) is 12.1 Å². The van der Waals surface area contributed by atoms with Crippen LogP contribution in [0.2, 0.25) is 0 Å². The van der Waals surface area contributed by atoms with Crippen LogP contribution in [0.25, 0.3) is 0 Å². The maximum Gasteiger partial charge on any atom is 0.396 e. The first-order valence-corrected chi connectivity index (χ1v) is 7.03. The third-order valence-electron chi connectivity index (χ3n) is 3.43. The van der Waals surface area contributed by atoms with Crippen molar-refractivity contribution in [2.24, 2.45) is 0 Å². The molecule has 122 valence electrons. The highest BCUT2D eigenvalue weighted by atomic mass is 16.7. The van der Waals surface area contributed by atoms with Gasteiger partial charge < -0.3 is 19.5 Å². The van der Waals surface area contributed by atoms with Crippen LogP contribution in [-0.4, -0.2) is 31.6 Å². The molecule has 0 spiro atoms. The van der Waals surface area contributed by atoms with E-state index in [1.165, 1.54) is 6.07 Å². The van der Waals surface area contributed by atoms with Crippen molar-refractivity contribution in [2.45, 2.75) is 0 Å². The molecule has 7 nitrogen and oxygen atoms in total. The standard InChI is InChI=1S/C17H13NO6/c1-22-17(21)16(20)18-12-5-3-2-4-11(12)15(19)10-6-7-13-14(8-10)24-9-23-13/h2-8H,9H2,1H3,(H,18,20). The van der Waals surface area contributed by atoms with E-state index in [0.717, 1.165) is 7.11 Å². The predicted octanol–water partition coefficient (Wildman–Crippen LogP) is 1.76. The lowest BCUT2D eigenvalue weighted by Gasteiger charge is -2.10. The molecule has 1 N–H and O–H groups in total. The fourth-order valence-electron chi connectivity index (χ4n) is 2.25. The molecule has 1 aliphatic rings. The Labute approximate surface area is 137 Å². The number of methoxy groups -OCH3 is 1. The number of nitrogens with one attached hydrogen (secondary N) is 1. The van der Waals surface area contributed by atoms with Crippen molar-refractivity contribution in [1.29, 1.82) is 0 Å². The molecule has 1 aliphatic heterocycles. The largest absolute Gasteiger partial charge is 0.462 e. The molecule has 0 atom stereocenters. The van der Waals surface area contributed by atoms with E-state index in [9.17, 15) is 14.4 Å². The number of hydrogen-bond acceptors (Lipinski definition) is 6. The summed E-state index contributed by atoms with van der Waals surface area (Å²) in [6, 6.07) is 11.2. The molecule has 0 aliphatic carbocycles. The lowest BCUT2D eigenvalue weighted by Crippen LogP contribution is -2.25. The second kappa shape index (κ2) is 6.41. The number of esters is 1. The first-order valence-electron chi connectivity index (χ1n) is 7.03. The summed E-state index contributed by atoms with van der Waals surface area (Å²) in [4.78, 5) is 35.6. The van der Waals surface area contributed by atoms with Gasteiger partial charge in [0.1, 0.15) is 0 Å². The maximum absolute atomic E-state index is 12.7. The molecule has 0 saturated heterocycles. The van der Waals surface area contributed by atoms with Gasteiger partial charge in [-0.25, -0.2) is 4.79 Å². The topological polar surface area (TPSA) is 90.9 Å². The molecule has 0 saturated carbocycles. The van der Waals surface area contributed by atoms with Gasteiger partial charge in [-0.05, 0) is 30.3 Å². The monoisotopic (exact) mass is 327 g/mol. The van der Waals surface area contributed by atoms with E-state index in [1.807, 2.05) is 0 Å². The summed E-state index contributed by atoms with van der Waals surface area (Å²) in [6.45, 7) is 0.110. The van der Waals surface area contributed by atoms with Crippen LogP contribution < -0.4 is 14.8 Å². The number of carbonyl (C=O) groups is 3. The minimum Gasteiger partial charge on any atom is -0.462 e. The molecule has 2 aromatic rings. The van der Waals surface area contributed by atoms with Gasteiger partial charge in [0.15, 0.2) is 17.3 Å². The van der Waals surface area contributed by atoms with E-state index in [1.54, 1.807) is 36.4 Å². The van der Waals surface area contributed by atoms with Gasteiger partial charge in [-0.15, -0.1) is 0 Å². The molecule has 1 amide bonds. The number of rotatable bonds is 3. The highest BCUT2D eigenvalue weighted by molar-refractivity contribution is 6.37. The van der Waals surface area contributed by atoms with Crippen molar-refractivity contribution >= 4 is 23.3 Å². The highest BCUT2D eigenvalue weighted by Gasteiger charge is 2.21. The summed E-state index contributed by atoms with van der Waals surface area (Å²) in [5, 5.41) is 2.37. The summed E-state index contributed by atoms with van der Waals surface area (Å²) in [5.41, 5.74) is 0.836. The van der Waals surface area contributed by atoms with Crippen molar-refractivity contribution in [3.63, 3.8) is 0 Å². The lowest BCUT2D eigenvalue weighted by molar-refractivity contribution is -0.150. The van der Waals surface area contributed by atoms with Gasteiger partial charge in [-0.2, -0.15) is 0 Å². The van der Waals surface area contributed by atoms with Gasteiger partial charge in [-0.3, -0.25) is 9.59 Å². The number of amides is 1. The summed E-state index contributed by atoms with van der Waals surface area (Å²) < 4.78 is 14.8. The molecular formula is C17H13NO6. The lowest BCUT2D eigenvalue weighted by atomic mass is 10.0. The smallest absolute Gasteiger partial charge is 0.396 e. The quantitative estimate of drug-likeness (QED) is 0.525. The van der Waals surface area contributed by atoms with Crippen molar-refractivity contribution in [3.8, 4) is 11.5 Å². The maximum atomic E-state index is 12.7. The molecule has 1 heterocycles. The Balaban J connectivity index is 1.90. The van der Waals surface area contributed by atoms with Gasteiger partial charge in [0.05, 0.1) is 12.8 Å². The average molecular weight is 327 g/mol. The Morgan fingerprint density at radius 2 is 1.79 bits per heavy atom. The van der Waals surface area contributed by atoms with Crippen molar-refractivity contribution in [1.82, 2.24) is 0 Å². The Bertz CT molecular complexity index is 830. The highest BCUT2D eigenvalue weighted by Crippen LogP contribution is 2.33. The zero-order valence-corrected chi connectivity index (χ0v) is 12.7. The zero-order chi connectivity index (χ0) is 17.1. The second-order valence-electron chi connectivity index (χ2n) is 4.89. The van der Waals surface area contributed by atoms with E-state index in [2.05, 4.69) is 10.1 Å². The second-order valence-corrected chi connectivity index (χ2v) is 4.89. The Hall–Kier alpha value is -3.35. The fourth-order valence-corrected chi connectivity index (χ4v) is 2.25. The van der Waals surface area contributed by atoms with Crippen LogP contribution in [-0.2, 0) is 14.3 Å². The van der Waals surface area contributed by atoms with E-state index < -0.39 is 11.9 Å². The number of hydrogen-bond donors (Lipinski definition) is 1. The number of benzene rings is 2. The third kappa shape index (κ3) is 2.91. The molecule has 7 heteroatoms. The summed E-state index contributed by atoms with van der Waals surface area (Å²) in [5.74, 6) is -1.27. The summed E-state index contributed by atoms with van der Waals surface area (Å²) in [6.07, 6.45) is 0. The van der Waals surface area contributed by atoms with Crippen molar-refractivity contribution in [2.75, 3.05) is 19.2 Å². The van der Waals surface area contributed by atoms with Gasteiger partial charge >= 0.3 is 11.9 Å². The average Bonchev–Trinajstić information content (AvgIpc) is 3.08. The minimum absolute atomic E-state index is 0.110. The van der Waals surface area contributed by atoms with Crippen LogP contribution in [0.4, 0.5) is 5.69 Å². The first kappa shape index (κ1) is 15.5. The number of para-hydroxylation sites is 1. The fraction of sp³-hybridized carbons (Fsp3) is 0.118.